The van der Waals surface area contributed by atoms with Gasteiger partial charge in [-0.25, -0.2) is 0 Å². The van der Waals surface area contributed by atoms with Crippen molar-refractivity contribution in [3.8, 4) is 0 Å². The van der Waals surface area contributed by atoms with Crippen LogP contribution in [0.3, 0.4) is 0 Å². The first-order valence-electron chi connectivity index (χ1n) is 10.8. The molecule has 0 spiro atoms. The maximum Gasteiger partial charge on any atom is 0.243 e. The van der Waals surface area contributed by atoms with Crippen LogP contribution in [0.25, 0.3) is 0 Å². The van der Waals surface area contributed by atoms with E-state index < -0.39 is 29.7 Å². The monoisotopic (exact) mass is 420 g/mol. The number of hydroxylamine groups is 2. The molecule has 0 amide bonds. The third-order valence-corrected chi connectivity index (χ3v) is 6.11. The lowest BCUT2D eigenvalue weighted by atomic mass is 10.0. The Bertz CT molecular complexity index is 774. The number of hydrogen-bond donors (Lipinski definition) is 1. The molecular weight excluding hydrogens is 388 g/mol. The number of nitrogens with one attached hydrogen (secondary N) is 1. The van der Waals surface area contributed by atoms with Crippen molar-refractivity contribution < 1.29 is 28.5 Å². The van der Waals surface area contributed by atoms with Crippen molar-refractivity contribution in [3.63, 3.8) is 0 Å². The zero-order chi connectivity index (χ0) is 21.1. The first-order valence-corrected chi connectivity index (χ1v) is 10.8. The van der Waals surface area contributed by atoms with Crippen LogP contribution >= 0.6 is 0 Å². The largest absolute Gasteiger partial charge is 0.348 e. The van der Waals surface area contributed by atoms with Crippen LogP contribution in [-0.2, 0) is 35.1 Å². The quantitative estimate of drug-likeness (QED) is 0.798. The minimum absolute atomic E-state index is 0.189. The average Bonchev–Trinajstić information content (AvgIpc) is 3.12. The predicted molar refractivity (Wildman–Crippen MR) is 107 cm³/mol. The molecule has 0 bridgehead atoms. The maximum atomic E-state index is 6.47. The molecule has 5 rings (SSSR count). The van der Waals surface area contributed by atoms with Gasteiger partial charge in [0, 0.05) is 19.1 Å². The summed E-state index contributed by atoms with van der Waals surface area (Å²) in [6.45, 7) is 11.5. The molecule has 8 nitrogen and oxygen atoms in total. The molecular formula is C22H32N2O6. The first-order chi connectivity index (χ1) is 14.2. The molecule has 6 atom stereocenters. The highest BCUT2D eigenvalue weighted by molar-refractivity contribution is 5.14. The Kier molecular flexibility index (Phi) is 5.00. The summed E-state index contributed by atoms with van der Waals surface area (Å²) < 4.78 is 31.2. The third-order valence-electron chi connectivity index (χ3n) is 6.11. The summed E-state index contributed by atoms with van der Waals surface area (Å²) in [7, 11) is 0. The lowest BCUT2D eigenvalue weighted by molar-refractivity contribution is -0.373. The summed E-state index contributed by atoms with van der Waals surface area (Å²) in [5, 5.41) is 5.46. The maximum absolute atomic E-state index is 6.47. The van der Waals surface area contributed by atoms with E-state index in [2.05, 4.69) is 24.4 Å². The van der Waals surface area contributed by atoms with E-state index in [0.29, 0.717) is 13.2 Å². The number of ether oxygens (including phenoxy) is 5. The van der Waals surface area contributed by atoms with E-state index in [1.54, 1.807) is 0 Å². The molecule has 0 aliphatic carbocycles. The number of fused-ring (bicyclic) bond motifs is 3. The van der Waals surface area contributed by atoms with Crippen LogP contribution in [0.1, 0.15) is 40.2 Å². The Morgan fingerprint density at radius 2 is 1.80 bits per heavy atom. The highest BCUT2D eigenvalue weighted by Gasteiger charge is 2.71. The lowest BCUT2D eigenvalue weighted by Gasteiger charge is -2.44. The van der Waals surface area contributed by atoms with Gasteiger partial charge in [0.1, 0.15) is 18.3 Å². The molecule has 166 valence electrons. The molecule has 30 heavy (non-hydrogen) atoms. The van der Waals surface area contributed by atoms with Crippen LogP contribution in [0, 0.1) is 0 Å². The molecule has 0 aromatic heterocycles. The highest BCUT2D eigenvalue weighted by atomic mass is 16.9. The van der Waals surface area contributed by atoms with Gasteiger partial charge in [-0.3, -0.25) is 10.2 Å². The van der Waals surface area contributed by atoms with Crippen LogP contribution in [0.5, 0.6) is 0 Å². The molecule has 8 heteroatoms. The van der Waals surface area contributed by atoms with E-state index in [9.17, 15) is 0 Å². The van der Waals surface area contributed by atoms with Crippen molar-refractivity contribution in [1.82, 2.24) is 10.4 Å². The normalized spacial score (nSPS) is 42.6. The van der Waals surface area contributed by atoms with Crippen molar-refractivity contribution >= 4 is 0 Å². The zero-order valence-electron chi connectivity index (χ0n) is 18.3. The number of rotatable bonds is 3. The Morgan fingerprint density at radius 3 is 2.57 bits per heavy atom. The molecule has 4 fully saturated rings. The van der Waals surface area contributed by atoms with Crippen LogP contribution in [-0.4, -0.2) is 66.2 Å². The minimum atomic E-state index is -1.13. The smallest absolute Gasteiger partial charge is 0.243 e. The van der Waals surface area contributed by atoms with Gasteiger partial charge >= 0.3 is 0 Å². The molecule has 4 aliphatic rings. The van der Waals surface area contributed by atoms with E-state index in [4.69, 9.17) is 28.5 Å². The Balaban J connectivity index is 1.41. The summed E-state index contributed by atoms with van der Waals surface area (Å²) in [6, 6.07) is 10.5. The second-order valence-electron chi connectivity index (χ2n) is 9.51. The van der Waals surface area contributed by atoms with Gasteiger partial charge in [0.2, 0.25) is 5.79 Å². The fraction of sp³-hybridized carbons (Fsp3) is 0.727. The van der Waals surface area contributed by atoms with Gasteiger partial charge in [0.15, 0.2) is 17.8 Å². The predicted octanol–water partition coefficient (Wildman–Crippen LogP) is 2.14. The molecule has 4 saturated heterocycles. The van der Waals surface area contributed by atoms with E-state index in [1.807, 2.05) is 51.0 Å². The Morgan fingerprint density at radius 1 is 1.03 bits per heavy atom. The molecule has 1 aromatic rings. The lowest BCUT2D eigenvalue weighted by Crippen LogP contribution is -2.65. The Hall–Kier alpha value is -1.10. The van der Waals surface area contributed by atoms with Crippen molar-refractivity contribution in [2.45, 2.75) is 89.1 Å². The van der Waals surface area contributed by atoms with Crippen LogP contribution in [0.2, 0.25) is 0 Å². The highest BCUT2D eigenvalue weighted by Crippen LogP contribution is 2.51. The van der Waals surface area contributed by atoms with Crippen molar-refractivity contribution in [3.05, 3.63) is 35.9 Å². The van der Waals surface area contributed by atoms with Crippen LogP contribution < -0.4 is 5.32 Å². The SMILES string of the molecule is C[C@H]1CN[C@H]([C@@]23O[C@H]4COC(C)(C)O[C@H]4[C@@H]2OC(C)(C)O3)ON1Cc1ccccc1. The van der Waals surface area contributed by atoms with Gasteiger partial charge in [-0.2, -0.15) is 5.06 Å². The topological polar surface area (TPSA) is 70.7 Å². The molecule has 0 unspecified atom stereocenters. The fourth-order valence-electron chi connectivity index (χ4n) is 4.74. The Labute approximate surface area is 177 Å². The van der Waals surface area contributed by atoms with Gasteiger partial charge < -0.3 is 23.7 Å². The van der Waals surface area contributed by atoms with E-state index >= 15 is 0 Å². The molecule has 0 radical (unpaired) electrons. The van der Waals surface area contributed by atoms with Gasteiger partial charge in [-0.15, -0.1) is 0 Å². The molecule has 4 aliphatic heterocycles. The van der Waals surface area contributed by atoms with Gasteiger partial charge in [-0.1, -0.05) is 30.3 Å². The second kappa shape index (κ2) is 7.21. The average molecular weight is 421 g/mol. The molecule has 4 heterocycles. The van der Waals surface area contributed by atoms with Gasteiger partial charge in [0.25, 0.3) is 0 Å². The molecule has 1 N–H and O–H groups in total. The van der Waals surface area contributed by atoms with E-state index in [-0.39, 0.29) is 18.2 Å². The van der Waals surface area contributed by atoms with Crippen molar-refractivity contribution in [1.29, 1.82) is 0 Å². The standard InChI is InChI=1S/C22H32N2O6/c1-14-11-23-19(29-24(14)12-15-9-7-6-8-10-15)22-18(28-21(4,5)30-22)17-16(26-22)13-25-20(2,3)27-17/h6-10,14,16-19,23H,11-13H2,1-5H3/t14-,16-,17+,18-,19-,22+/m0/s1. The summed E-state index contributed by atoms with van der Waals surface area (Å²) in [6.07, 6.45) is -1.57. The number of benzene rings is 1. The van der Waals surface area contributed by atoms with Crippen molar-refractivity contribution in [2.24, 2.45) is 0 Å². The van der Waals surface area contributed by atoms with Crippen LogP contribution in [0.15, 0.2) is 30.3 Å². The summed E-state index contributed by atoms with van der Waals surface area (Å²) >= 11 is 0. The van der Waals surface area contributed by atoms with Crippen LogP contribution in [0.4, 0.5) is 0 Å². The third kappa shape index (κ3) is 3.59. The summed E-state index contributed by atoms with van der Waals surface area (Å²) in [5.74, 6) is -2.65. The second-order valence-corrected chi connectivity index (χ2v) is 9.51. The summed E-state index contributed by atoms with van der Waals surface area (Å²) in [5.41, 5.74) is 1.18. The zero-order valence-corrected chi connectivity index (χ0v) is 18.3. The summed E-state index contributed by atoms with van der Waals surface area (Å²) in [4.78, 5) is 6.44. The van der Waals surface area contributed by atoms with E-state index in [0.717, 1.165) is 6.54 Å². The van der Waals surface area contributed by atoms with Gasteiger partial charge in [0.05, 0.1) is 6.61 Å². The molecule has 1 aromatic carbocycles. The fourth-order valence-corrected chi connectivity index (χ4v) is 4.74. The van der Waals surface area contributed by atoms with Gasteiger partial charge in [-0.05, 0) is 40.2 Å². The molecule has 0 saturated carbocycles. The van der Waals surface area contributed by atoms with Crippen molar-refractivity contribution in [2.75, 3.05) is 13.2 Å². The number of hydrogen-bond acceptors (Lipinski definition) is 8. The minimum Gasteiger partial charge on any atom is -0.348 e. The number of nitrogens with zero attached hydrogens (tertiary/aromatic N) is 1. The first kappa shape index (κ1) is 20.8. The van der Waals surface area contributed by atoms with E-state index in [1.165, 1.54) is 5.56 Å².